The van der Waals surface area contributed by atoms with E-state index in [2.05, 4.69) is 21.9 Å². The molecule has 0 amide bonds. The van der Waals surface area contributed by atoms with Crippen molar-refractivity contribution in [3.05, 3.63) is 84.4 Å². The second-order valence-corrected chi connectivity index (χ2v) is 7.98. The first-order chi connectivity index (χ1) is 15.5. The van der Waals surface area contributed by atoms with Gasteiger partial charge in [-0.25, -0.2) is 18.7 Å². The molecule has 5 nitrogen and oxygen atoms in total. The van der Waals surface area contributed by atoms with E-state index in [9.17, 15) is 13.9 Å². The normalized spacial score (nSPS) is 16.2. The topological polar surface area (TPSA) is 61.3 Å². The number of aromatic nitrogens is 2. The minimum Gasteiger partial charge on any atom is -0.394 e. The van der Waals surface area contributed by atoms with Crippen LogP contribution >= 0.6 is 0 Å². The molecule has 0 radical (unpaired) electrons. The van der Waals surface area contributed by atoms with Gasteiger partial charge in [0, 0.05) is 37.1 Å². The number of hydrogen-bond donors (Lipinski definition) is 2. The van der Waals surface area contributed by atoms with Gasteiger partial charge in [0.25, 0.3) is 0 Å². The fourth-order valence-electron chi connectivity index (χ4n) is 3.91. The predicted molar refractivity (Wildman–Crippen MR) is 124 cm³/mol. The van der Waals surface area contributed by atoms with Crippen LogP contribution in [0, 0.1) is 11.6 Å². The van der Waals surface area contributed by atoms with E-state index in [-0.39, 0.29) is 6.61 Å². The number of likely N-dealkylation sites (N-methyl/N-ethyl adjacent to an activating group) is 1. The minimum absolute atomic E-state index is 0.298. The van der Waals surface area contributed by atoms with Crippen molar-refractivity contribution in [1.82, 2.24) is 14.9 Å². The highest BCUT2D eigenvalue weighted by atomic mass is 19.1. The molecule has 1 aromatic heterocycles. The highest BCUT2D eigenvalue weighted by Gasteiger charge is 2.17. The van der Waals surface area contributed by atoms with Crippen LogP contribution < -0.4 is 5.32 Å². The van der Waals surface area contributed by atoms with Gasteiger partial charge in [0.15, 0.2) is 0 Å². The lowest BCUT2D eigenvalue weighted by molar-refractivity contribution is 0.185. The zero-order valence-electron chi connectivity index (χ0n) is 18.3. The van der Waals surface area contributed by atoms with Crippen LogP contribution in [0.4, 0.5) is 14.7 Å². The van der Waals surface area contributed by atoms with E-state index in [4.69, 9.17) is 0 Å². The minimum atomic E-state index is -0.679. The molecule has 1 fully saturated rings. The Labute approximate surface area is 188 Å². The van der Waals surface area contributed by atoms with Gasteiger partial charge in [-0.2, -0.15) is 0 Å². The van der Waals surface area contributed by atoms with Gasteiger partial charge >= 0.3 is 0 Å². The Morgan fingerprint density at radius 1 is 1.25 bits per heavy atom. The van der Waals surface area contributed by atoms with E-state index in [1.807, 2.05) is 18.2 Å². The fraction of sp³-hybridized carbons (Fsp3) is 0.360. The maximum atomic E-state index is 13.6. The third kappa shape index (κ3) is 6.47. The van der Waals surface area contributed by atoms with Gasteiger partial charge in [0.1, 0.15) is 11.6 Å². The first-order valence-corrected chi connectivity index (χ1v) is 10.9. The van der Waals surface area contributed by atoms with E-state index >= 15 is 0 Å². The molecular formula is C25H30F2N4O. The summed E-state index contributed by atoms with van der Waals surface area (Å²) in [7, 11) is 1.74. The van der Waals surface area contributed by atoms with Crippen molar-refractivity contribution in [1.29, 1.82) is 0 Å². The molecule has 1 atom stereocenters. The molecule has 2 N–H and O–H groups in total. The van der Waals surface area contributed by atoms with Crippen LogP contribution in [0.1, 0.15) is 49.4 Å². The number of aliphatic hydroxyl groups is 1. The Hall–Kier alpha value is -3.06. The summed E-state index contributed by atoms with van der Waals surface area (Å²) in [6.07, 6.45) is 14.7. The first-order valence-electron chi connectivity index (χ1n) is 10.9. The summed E-state index contributed by atoms with van der Waals surface area (Å²) in [5.74, 6) is -0.765. The molecule has 0 bridgehead atoms. The lowest BCUT2D eigenvalue weighted by Crippen LogP contribution is -2.23. The molecule has 0 saturated heterocycles. The Balaban J connectivity index is 1.77. The number of benzene rings is 1. The zero-order chi connectivity index (χ0) is 22.9. The van der Waals surface area contributed by atoms with Crippen LogP contribution in [0.25, 0.3) is 5.57 Å². The van der Waals surface area contributed by atoms with Crippen molar-refractivity contribution in [3.8, 4) is 0 Å². The van der Waals surface area contributed by atoms with E-state index in [1.165, 1.54) is 31.4 Å². The summed E-state index contributed by atoms with van der Waals surface area (Å²) in [6, 6.07) is 4.87. The largest absolute Gasteiger partial charge is 0.394 e. The van der Waals surface area contributed by atoms with Crippen molar-refractivity contribution in [2.24, 2.45) is 0 Å². The highest BCUT2D eigenvalue weighted by molar-refractivity contribution is 5.73. The van der Waals surface area contributed by atoms with E-state index in [0.29, 0.717) is 17.6 Å². The van der Waals surface area contributed by atoms with Crippen molar-refractivity contribution in [2.45, 2.75) is 44.2 Å². The summed E-state index contributed by atoms with van der Waals surface area (Å²) in [5.41, 5.74) is 1.87. The van der Waals surface area contributed by atoms with Crippen molar-refractivity contribution < 1.29 is 13.9 Å². The maximum absolute atomic E-state index is 13.6. The third-order valence-electron chi connectivity index (χ3n) is 5.61. The standard InChI is InChI=1S/C25H30F2N4O/c1-3-7-18(23-10-12-28-25(30-23)29-22-8-5-4-6-9-22)11-13-31(2)24(17-32)19-14-20(26)16-21(27)15-19/h3,7,10-16,22,24,32H,1,4-6,8-9,17H2,2H3,(H,28,29,30)/b13-11-,18-7+. The van der Waals surface area contributed by atoms with Gasteiger partial charge in [-0.15, -0.1) is 0 Å². The second-order valence-electron chi connectivity index (χ2n) is 7.98. The predicted octanol–water partition coefficient (Wildman–Crippen LogP) is 5.25. The lowest BCUT2D eigenvalue weighted by Gasteiger charge is -2.25. The van der Waals surface area contributed by atoms with Crippen molar-refractivity contribution in [2.75, 3.05) is 19.0 Å². The summed E-state index contributed by atoms with van der Waals surface area (Å²) in [5, 5.41) is 13.3. The van der Waals surface area contributed by atoms with Gasteiger partial charge in [0.05, 0.1) is 18.3 Å². The number of nitrogens with zero attached hydrogens (tertiary/aromatic N) is 3. The SMILES string of the molecule is C=C/C=C(\C=C/N(C)C(CO)c1cc(F)cc(F)c1)c1ccnc(NC2CCCCC2)n1. The molecule has 7 heteroatoms. The van der Waals surface area contributed by atoms with Crippen molar-refractivity contribution in [3.63, 3.8) is 0 Å². The molecule has 1 unspecified atom stereocenters. The molecule has 1 aliphatic rings. The summed E-state index contributed by atoms with van der Waals surface area (Å²) >= 11 is 0. The van der Waals surface area contributed by atoms with Gasteiger partial charge in [-0.05, 0) is 42.7 Å². The Morgan fingerprint density at radius 2 is 1.97 bits per heavy atom. The van der Waals surface area contributed by atoms with Gasteiger partial charge in [0.2, 0.25) is 5.95 Å². The molecule has 0 spiro atoms. The quantitative estimate of drug-likeness (QED) is 0.522. The van der Waals surface area contributed by atoms with Gasteiger partial charge in [-0.3, -0.25) is 0 Å². The summed E-state index contributed by atoms with van der Waals surface area (Å²) in [4.78, 5) is 10.7. The van der Waals surface area contributed by atoms with E-state index in [1.54, 1.807) is 30.4 Å². The molecule has 1 heterocycles. The van der Waals surface area contributed by atoms with Crippen LogP contribution in [-0.4, -0.2) is 39.7 Å². The molecular weight excluding hydrogens is 410 g/mol. The van der Waals surface area contributed by atoms with E-state index in [0.717, 1.165) is 30.2 Å². The Bertz CT molecular complexity index is 950. The number of hydrogen-bond acceptors (Lipinski definition) is 5. The van der Waals surface area contributed by atoms with Gasteiger partial charge in [-0.1, -0.05) is 38.0 Å². The van der Waals surface area contributed by atoms with Crippen LogP contribution in [0.2, 0.25) is 0 Å². The van der Waals surface area contributed by atoms with Crippen LogP contribution in [0.3, 0.4) is 0 Å². The third-order valence-corrected chi connectivity index (χ3v) is 5.61. The molecule has 3 rings (SSSR count). The number of aliphatic hydroxyl groups excluding tert-OH is 1. The molecule has 32 heavy (non-hydrogen) atoms. The second kappa shape index (κ2) is 11.5. The van der Waals surface area contributed by atoms with Crippen molar-refractivity contribution >= 4 is 11.5 Å². The summed E-state index contributed by atoms with van der Waals surface area (Å²) in [6.45, 7) is 3.48. The average molecular weight is 441 g/mol. The number of nitrogens with one attached hydrogen (secondary N) is 1. The van der Waals surface area contributed by atoms with Crippen LogP contribution in [-0.2, 0) is 0 Å². The highest BCUT2D eigenvalue weighted by Crippen LogP contribution is 2.24. The molecule has 1 saturated carbocycles. The number of anilines is 1. The van der Waals surface area contributed by atoms with Crippen LogP contribution in [0.5, 0.6) is 0 Å². The Morgan fingerprint density at radius 3 is 2.62 bits per heavy atom. The maximum Gasteiger partial charge on any atom is 0.223 e. The van der Waals surface area contributed by atoms with Crippen LogP contribution in [0.15, 0.2) is 61.5 Å². The molecule has 0 aliphatic heterocycles. The first kappa shape index (κ1) is 23.6. The average Bonchev–Trinajstić information content (AvgIpc) is 2.77. The fourth-order valence-corrected chi connectivity index (χ4v) is 3.91. The smallest absolute Gasteiger partial charge is 0.223 e. The molecule has 1 aliphatic carbocycles. The number of allylic oxidation sites excluding steroid dienone is 4. The molecule has 1 aromatic carbocycles. The van der Waals surface area contributed by atoms with Gasteiger partial charge < -0.3 is 15.3 Å². The molecule has 2 aromatic rings. The van der Waals surface area contributed by atoms with E-state index < -0.39 is 17.7 Å². The number of rotatable bonds is 9. The lowest BCUT2D eigenvalue weighted by atomic mass is 9.96. The summed E-state index contributed by atoms with van der Waals surface area (Å²) < 4.78 is 27.3. The Kier molecular flexibility index (Phi) is 8.50. The zero-order valence-corrected chi connectivity index (χ0v) is 18.3. The number of halogens is 2. The molecule has 170 valence electrons. The monoisotopic (exact) mass is 440 g/mol.